The van der Waals surface area contributed by atoms with Crippen LogP contribution in [-0.4, -0.2) is 17.5 Å². The van der Waals surface area contributed by atoms with Crippen LogP contribution in [0.25, 0.3) is 0 Å². The van der Waals surface area contributed by atoms with Gasteiger partial charge in [-0.3, -0.25) is 4.79 Å². The minimum Gasteiger partial charge on any atom is -0.392 e. The van der Waals surface area contributed by atoms with Gasteiger partial charge in [-0.05, 0) is 29.4 Å². The molecule has 0 radical (unpaired) electrons. The van der Waals surface area contributed by atoms with Gasteiger partial charge in [-0.25, -0.2) is 0 Å². The number of fused-ring (bicyclic) bond motifs is 1. The second-order valence-corrected chi connectivity index (χ2v) is 4.44. The minimum atomic E-state index is 0.0482. The van der Waals surface area contributed by atoms with E-state index in [1.54, 1.807) is 6.08 Å². The number of ketones is 1. The van der Waals surface area contributed by atoms with Crippen LogP contribution in [0.3, 0.4) is 0 Å². The van der Waals surface area contributed by atoms with Crippen molar-refractivity contribution in [1.82, 2.24) is 0 Å². The molecule has 2 heteroatoms. The van der Waals surface area contributed by atoms with Crippen molar-refractivity contribution in [3.63, 3.8) is 0 Å². The summed E-state index contributed by atoms with van der Waals surface area (Å²) in [6.45, 7) is 4.28. The first-order valence-electron chi connectivity index (χ1n) is 4.42. The van der Waals surface area contributed by atoms with E-state index in [1.807, 2.05) is 0 Å². The molecule has 0 saturated heterocycles. The highest BCUT2D eigenvalue weighted by Crippen LogP contribution is 2.57. The summed E-state index contributed by atoms with van der Waals surface area (Å²) in [6, 6.07) is 0. The van der Waals surface area contributed by atoms with Crippen LogP contribution < -0.4 is 0 Å². The van der Waals surface area contributed by atoms with Crippen LogP contribution in [0.4, 0.5) is 0 Å². The highest BCUT2D eigenvalue weighted by Gasteiger charge is 2.54. The lowest BCUT2D eigenvalue weighted by Crippen LogP contribution is -2.52. The molecule has 0 aromatic carbocycles. The van der Waals surface area contributed by atoms with Crippen LogP contribution in [-0.2, 0) is 4.79 Å². The third kappa shape index (κ3) is 0.761. The Labute approximate surface area is 72.3 Å². The van der Waals surface area contributed by atoms with Crippen LogP contribution in [0.2, 0.25) is 0 Å². The van der Waals surface area contributed by atoms with Crippen molar-refractivity contribution in [2.75, 3.05) is 6.61 Å². The highest BCUT2D eigenvalue weighted by atomic mass is 16.3. The zero-order valence-corrected chi connectivity index (χ0v) is 7.50. The molecule has 0 unspecified atom stereocenters. The first kappa shape index (κ1) is 7.99. The van der Waals surface area contributed by atoms with Crippen molar-refractivity contribution in [2.24, 2.45) is 17.3 Å². The summed E-state index contributed by atoms with van der Waals surface area (Å²) in [5.41, 5.74) is 1.04. The largest absolute Gasteiger partial charge is 0.392 e. The third-order valence-electron chi connectivity index (χ3n) is 3.57. The van der Waals surface area contributed by atoms with Crippen LogP contribution in [0.15, 0.2) is 11.6 Å². The monoisotopic (exact) mass is 166 g/mol. The maximum absolute atomic E-state index is 11.4. The Morgan fingerprint density at radius 3 is 2.67 bits per heavy atom. The van der Waals surface area contributed by atoms with Gasteiger partial charge >= 0.3 is 0 Å². The molecule has 0 heterocycles. The molecule has 0 spiro atoms. The Kier molecular flexibility index (Phi) is 1.46. The summed E-state index contributed by atoms with van der Waals surface area (Å²) >= 11 is 0. The van der Waals surface area contributed by atoms with Gasteiger partial charge in [-0.2, -0.15) is 0 Å². The number of aliphatic hydroxyl groups excluding tert-OH is 1. The second-order valence-electron chi connectivity index (χ2n) is 4.44. The fourth-order valence-electron chi connectivity index (χ4n) is 2.58. The van der Waals surface area contributed by atoms with Gasteiger partial charge in [0.25, 0.3) is 0 Å². The van der Waals surface area contributed by atoms with Crippen LogP contribution in [0, 0.1) is 17.3 Å². The second kappa shape index (κ2) is 2.19. The van der Waals surface area contributed by atoms with E-state index in [4.69, 9.17) is 5.11 Å². The van der Waals surface area contributed by atoms with Gasteiger partial charge in [0.15, 0.2) is 5.78 Å². The molecule has 0 aromatic rings. The highest BCUT2D eigenvalue weighted by molar-refractivity contribution is 5.96. The molecule has 0 aliphatic heterocycles. The van der Waals surface area contributed by atoms with E-state index < -0.39 is 0 Å². The van der Waals surface area contributed by atoms with E-state index in [0.29, 0.717) is 5.92 Å². The number of carbonyl (C=O) groups is 1. The summed E-state index contributed by atoms with van der Waals surface area (Å²) < 4.78 is 0. The van der Waals surface area contributed by atoms with Crippen LogP contribution in [0.5, 0.6) is 0 Å². The summed E-state index contributed by atoms with van der Waals surface area (Å²) in [5.74, 6) is 0.884. The van der Waals surface area contributed by atoms with Gasteiger partial charge in [0, 0.05) is 5.92 Å². The maximum Gasteiger partial charge on any atom is 0.159 e. The van der Waals surface area contributed by atoms with Crippen LogP contribution in [0.1, 0.15) is 20.3 Å². The van der Waals surface area contributed by atoms with Gasteiger partial charge in [0.05, 0.1) is 6.61 Å². The van der Waals surface area contributed by atoms with E-state index in [1.165, 1.54) is 0 Å². The average molecular weight is 166 g/mol. The first-order chi connectivity index (χ1) is 5.57. The zero-order chi connectivity index (χ0) is 8.93. The summed E-state index contributed by atoms with van der Waals surface area (Å²) in [6.07, 6.45) is 2.60. The van der Waals surface area contributed by atoms with Gasteiger partial charge in [-0.1, -0.05) is 13.8 Å². The molecule has 12 heavy (non-hydrogen) atoms. The minimum absolute atomic E-state index is 0.0482. The number of allylic oxidation sites excluding steroid dienone is 1. The number of carbonyl (C=O) groups excluding carboxylic acids is 1. The van der Waals surface area contributed by atoms with Gasteiger partial charge in [0.2, 0.25) is 0 Å². The Hall–Kier alpha value is -0.630. The number of hydrogen-bond donors (Lipinski definition) is 1. The fraction of sp³-hybridized carbons (Fsp3) is 0.700. The molecule has 1 N–H and O–H groups in total. The topological polar surface area (TPSA) is 37.3 Å². The molecule has 3 aliphatic rings. The molecule has 2 atom stereocenters. The number of rotatable bonds is 1. The molecule has 1 saturated carbocycles. The summed E-state index contributed by atoms with van der Waals surface area (Å²) in [5, 5.41) is 9.02. The van der Waals surface area contributed by atoms with Gasteiger partial charge in [0.1, 0.15) is 0 Å². The molecular formula is C10H14O2. The van der Waals surface area contributed by atoms with Crippen molar-refractivity contribution < 1.29 is 9.90 Å². The standard InChI is InChI=1S/C10H14O2/c1-10(2)7-4-8(10)9(12)3-6(7)5-11/h3,7-8,11H,4-5H2,1-2H3/t7-,8-/m0/s1. The molecule has 3 rings (SSSR count). The summed E-state index contributed by atoms with van der Waals surface area (Å²) in [7, 11) is 0. The van der Waals surface area contributed by atoms with E-state index in [2.05, 4.69) is 13.8 Å². The van der Waals surface area contributed by atoms with Gasteiger partial charge < -0.3 is 5.11 Å². The van der Waals surface area contributed by atoms with Crippen molar-refractivity contribution in [1.29, 1.82) is 0 Å². The molecule has 3 aliphatic carbocycles. The van der Waals surface area contributed by atoms with E-state index in [-0.39, 0.29) is 23.7 Å². The van der Waals surface area contributed by atoms with E-state index >= 15 is 0 Å². The normalized spacial score (nSPS) is 37.2. The molecule has 1 fully saturated rings. The van der Waals surface area contributed by atoms with Crippen molar-refractivity contribution in [2.45, 2.75) is 20.3 Å². The molecule has 66 valence electrons. The smallest absolute Gasteiger partial charge is 0.159 e. The Bertz CT molecular complexity index is 263. The number of aliphatic hydroxyl groups is 1. The molecular weight excluding hydrogens is 152 g/mol. The maximum atomic E-state index is 11.4. The number of hydrogen-bond acceptors (Lipinski definition) is 2. The van der Waals surface area contributed by atoms with Crippen LogP contribution >= 0.6 is 0 Å². The quantitative estimate of drug-likeness (QED) is 0.634. The predicted molar refractivity (Wildman–Crippen MR) is 45.6 cm³/mol. The SMILES string of the molecule is CC1(C)[C@H]2C[C@H]1C(CO)=CC2=O. The summed E-state index contributed by atoms with van der Waals surface area (Å²) in [4.78, 5) is 11.4. The molecule has 0 aromatic heterocycles. The van der Waals surface area contributed by atoms with E-state index in [0.717, 1.165) is 12.0 Å². The van der Waals surface area contributed by atoms with E-state index in [9.17, 15) is 4.79 Å². The third-order valence-corrected chi connectivity index (χ3v) is 3.57. The van der Waals surface area contributed by atoms with Gasteiger partial charge in [-0.15, -0.1) is 0 Å². The average Bonchev–Trinajstić information content (AvgIpc) is 2.02. The fourth-order valence-corrected chi connectivity index (χ4v) is 2.58. The molecule has 2 nitrogen and oxygen atoms in total. The van der Waals surface area contributed by atoms with Crippen molar-refractivity contribution in [3.05, 3.63) is 11.6 Å². The Balaban J connectivity index is 2.36. The Morgan fingerprint density at radius 1 is 1.58 bits per heavy atom. The predicted octanol–water partition coefficient (Wildman–Crippen LogP) is 1.15. The lowest BCUT2D eigenvalue weighted by atomic mass is 9.48. The molecule has 2 bridgehead atoms. The van der Waals surface area contributed by atoms with Crippen molar-refractivity contribution in [3.8, 4) is 0 Å². The van der Waals surface area contributed by atoms with Crippen molar-refractivity contribution >= 4 is 5.78 Å². The Morgan fingerprint density at radius 2 is 2.25 bits per heavy atom. The molecule has 0 amide bonds. The zero-order valence-electron chi connectivity index (χ0n) is 7.50. The lowest BCUT2D eigenvalue weighted by Gasteiger charge is -2.54. The lowest BCUT2D eigenvalue weighted by molar-refractivity contribution is -0.134. The first-order valence-corrected chi connectivity index (χ1v) is 4.42.